The standard InChI is InChI=1S/C18H18FN5OS/c1-11-5-3-8-15(9-11)21-17(25)12(2)26-18-23-22-16(24(18)20)13-6-4-7-14(19)10-13/h3-10,12H,20H2,1-2H3,(H,21,25)/t12-/m1/s1. The lowest BCUT2D eigenvalue weighted by atomic mass is 10.2. The molecular weight excluding hydrogens is 353 g/mol. The van der Waals surface area contributed by atoms with Gasteiger partial charge in [-0.15, -0.1) is 10.2 Å². The molecule has 0 radical (unpaired) electrons. The molecule has 3 N–H and O–H groups in total. The van der Waals surface area contributed by atoms with E-state index in [0.717, 1.165) is 11.3 Å². The first-order valence-electron chi connectivity index (χ1n) is 7.94. The average molecular weight is 371 g/mol. The number of carbonyl (C=O) groups excluding carboxylic acids is 1. The van der Waals surface area contributed by atoms with E-state index in [4.69, 9.17) is 5.84 Å². The Morgan fingerprint density at radius 3 is 2.73 bits per heavy atom. The average Bonchev–Trinajstić information content (AvgIpc) is 2.95. The molecule has 8 heteroatoms. The molecule has 0 saturated heterocycles. The van der Waals surface area contributed by atoms with Gasteiger partial charge in [-0.2, -0.15) is 0 Å². The molecule has 0 spiro atoms. The molecule has 26 heavy (non-hydrogen) atoms. The number of nitrogens with zero attached hydrogens (tertiary/aromatic N) is 3. The number of amides is 1. The van der Waals surface area contributed by atoms with Crippen LogP contribution in [-0.2, 0) is 4.79 Å². The second-order valence-corrected chi connectivity index (χ2v) is 7.11. The van der Waals surface area contributed by atoms with Gasteiger partial charge in [-0.05, 0) is 43.7 Å². The van der Waals surface area contributed by atoms with Crippen LogP contribution in [0.2, 0.25) is 0 Å². The van der Waals surface area contributed by atoms with Gasteiger partial charge in [-0.3, -0.25) is 4.79 Å². The third kappa shape index (κ3) is 4.02. The minimum absolute atomic E-state index is 0.170. The van der Waals surface area contributed by atoms with Crippen LogP contribution in [0.15, 0.2) is 53.7 Å². The molecule has 0 fully saturated rings. The molecular formula is C18H18FN5OS. The van der Waals surface area contributed by atoms with Crippen LogP contribution in [0, 0.1) is 12.7 Å². The maximum absolute atomic E-state index is 13.4. The van der Waals surface area contributed by atoms with Crippen molar-refractivity contribution in [3.05, 3.63) is 59.9 Å². The summed E-state index contributed by atoms with van der Waals surface area (Å²) in [5, 5.41) is 10.8. The highest BCUT2D eigenvalue weighted by atomic mass is 32.2. The normalized spacial score (nSPS) is 12.0. The highest BCUT2D eigenvalue weighted by Crippen LogP contribution is 2.25. The summed E-state index contributed by atoms with van der Waals surface area (Å²) in [6.07, 6.45) is 0. The van der Waals surface area contributed by atoms with Crippen molar-refractivity contribution in [3.8, 4) is 11.4 Å². The minimum Gasteiger partial charge on any atom is -0.335 e. The summed E-state index contributed by atoms with van der Waals surface area (Å²) in [5.74, 6) is 5.80. The largest absolute Gasteiger partial charge is 0.335 e. The number of aromatic nitrogens is 3. The van der Waals surface area contributed by atoms with Crippen LogP contribution in [0.3, 0.4) is 0 Å². The van der Waals surface area contributed by atoms with Crippen molar-refractivity contribution < 1.29 is 9.18 Å². The van der Waals surface area contributed by atoms with Crippen LogP contribution in [0.5, 0.6) is 0 Å². The number of anilines is 1. The van der Waals surface area contributed by atoms with Crippen LogP contribution < -0.4 is 11.2 Å². The highest BCUT2D eigenvalue weighted by Gasteiger charge is 2.20. The Morgan fingerprint density at radius 2 is 2.00 bits per heavy atom. The third-order valence-electron chi connectivity index (χ3n) is 3.68. The monoisotopic (exact) mass is 371 g/mol. The molecule has 1 aromatic heterocycles. The number of benzene rings is 2. The summed E-state index contributed by atoms with van der Waals surface area (Å²) >= 11 is 1.18. The van der Waals surface area contributed by atoms with Crippen molar-refractivity contribution in [1.29, 1.82) is 0 Å². The van der Waals surface area contributed by atoms with Crippen molar-refractivity contribution in [1.82, 2.24) is 14.9 Å². The van der Waals surface area contributed by atoms with Crippen molar-refractivity contribution in [3.63, 3.8) is 0 Å². The number of thioether (sulfide) groups is 1. The number of nitrogens with one attached hydrogen (secondary N) is 1. The molecule has 6 nitrogen and oxygen atoms in total. The van der Waals surface area contributed by atoms with Gasteiger partial charge in [0.25, 0.3) is 0 Å². The predicted octanol–water partition coefficient (Wildman–Crippen LogP) is 3.23. The summed E-state index contributed by atoms with van der Waals surface area (Å²) in [5.41, 5.74) is 2.31. The van der Waals surface area contributed by atoms with Gasteiger partial charge in [0.05, 0.1) is 5.25 Å². The SMILES string of the molecule is Cc1cccc(NC(=O)[C@@H](C)Sc2nnc(-c3cccc(F)c3)n2N)c1. The lowest BCUT2D eigenvalue weighted by Crippen LogP contribution is -2.23. The zero-order valence-electron chi connectivity index (χ0n) is 14.3. The van der Waals surface area contributed by atoms with Crippen LogP contribution in [0.1, 0.15) is 12.5 Å². The Labute approximate surface area is 154 Å². The zero-order chi connectivity index (χ0) is 18.7. The van der Waals surface area contributed by atoms with E-state index >= 15 is 0 Å². The van der Waals surface area contributed by atoms with Crippen molar-refractivity contribution >= 4 is 23.4 Å². The number of carbonyl (C=O) groups is 1. The lowest BCUT2D eigenvalue weighted by Gasteiger charge is -2.12. The Bertz CT molecular complexity index is 943. The first-order chi connectivity index (χ1) is 12.4. The summed E-state index contributed by atoms with van der Waals surface area (Å²) in [6, 6.07) is 13.5. The number of halogens is 1. The quantitative estimate of drug-likeness (QED) is 0.531. The third-order valence-corrected chi connectivity index (χ3v) is 4.74. The minimum atomic E-state index is -0.442. The molecule has 1 amide bonds. The molecule has 0 aliphatic carbocycles. The van der Waals surface area contributed by atoms with E-state index in [1.165, 1.54) is 28.6 Å². The lowest BCUT2D eigenvalue weighted by molar-refractivity contribution is -0.115. The van der Waals surface area contributed by atoms with Crippen LogP contribution >= 0.6 is 11.8 Å². The van der Waals surface area contributed by atoms with Gasteiger partial charge in [0.15, 0.2) is 5.82 Å². The number of rotatable bonds is 5. The second-order valence-electron chi connectivity index (χ2n) is 5.81. The van der Waals surface area contributed by atoms with Gasteiger partial charge in [0.1, 0.15) is 5.82 Å². The fourth-order valence-corrected chi connectivity index (χ4v) is 3.13. The molecule has 0 unspecified atom stereocenters. The van der Waals surface area contributed by atoms with Gasteiger partial charge in [-0.1, -0.05) is 36.0 Å². The summed E-state index contributed by atoms with van der Waals surface area (Å²) in [6.45, 7) is 3.71. The molecule has 2 aromatic carbocycles. The number of hydrogen-bond donors (Lipinski definition) is 2. The summed E-state index contributed by atoms with van der Waals surface area (Å²) in [7, 11) is 0. The van der Waals surface area contributed by atoms with E-state index in [1.807, 2.05) is 31.2 Å². The molecule has 1 atom stereocenters. The number of nitrogen functional groups attached to an aromatic ring is 1. The van der Waals surface area contributed by atoms with E-state index in [0.29, 0.717) is 16.5 Å². The van der Waals surface area contributed by atoms with E-state index in [2.05, 4.69) is 15.5 Å². The molecule has 1 heterocycles. The molecule has 3 aromatic rings. The Morgan fingerprint density at radius 1 is 1.23 bits per heavy atom. The second kappa shape index (κ2) is 7.57. The van der Waals surface area contributed by atoms with Gasteiger partial charge >= 0.3 is 0 Å². The summed E-state index contributed by atoms with van der Waals surface area (Å²) in [4.78, 5) is 12.4. The van der Waals surface area contributed by atoms with Gasteiger partial charge in [0.2, 0.25) is 11.1 Å². The van der Waals surface area contributed by atoms with E-state index in [-0.39, 0.29) is 11.7 Å². The van der Waals surface area contributed by atoms with Crippen LogP contribution in [-0.4, -0.2) is 26.0 Å². The zero-order valence-corrected chi connectivity index (χ0v) is 15.1. The molecule has 3 rings (SSSR count). The fraction of sp³-hybridized carbons (Fsp3) is 0.167. The van der Waals surface area contributed by atoms with Gasteiger partial charge in [-0.25, -0.2) is 9.07 Å². The molecule has 0 aliphatic heterocycles. The smallest absolute Gasteiger partial charge is 0.237 e. The number of hydrogen-bond acceptors (Lipinski definition) is 5. The van der Waals surface area contributed by atoms with Gasteiger partial charge in [0, 0.05) is 11.3 Å². The van der Waals surface area contributed by atoms with Crippen molar-refractivity contribution in [2.24, 2.45) is 0 Å². The highest BCUT2D eigenvalue weighted by molar-refractivity contribution is 8.00. The fourth-order valence-electron chi connectivity index (χ4n) is 2.36. The topological polar surface area (TPSA) is 85.8 Å². The van der Waals surface area contributed by atoms with Crippen LogP contribution in [0.4, 0.5) is 10.1 Å². The first-order valence-corrected chi connectivity index (χ1v) is 8.82. The molecule has 0 saturated carbocycles. The van der Waals surface area contributed by atoms with E-state index in [9.17, 15) is 9.18 Å². The van der Waals surface area contributed by atoms with E-state index < -0.39 is 5.25 Å². The number of nitrogens with two attached hydrogens (primary N) is 1. The van der Waals surface area contributed by atoms with Crippen LogP contribution in [0.25, 0.3) is 11.4 Å². The Hall–Kier alpha value is -2.87. The maximum atomic E-state index is 13.4. The van der Waals surface area contributed by atoms with E-state index in [1.54, 1.807) is 19.1 Å². The molecule has 134 valence electrons. The van der Waals surface area contributed by atoms with Gasteiger partial charge < -0.3 is 11.2 Å². The molecule has 0 bridgehead atoms. The molecule has 0 aliphatic rings. The van der Waals surface area contributed by atoms with Crippen molar-refractivity contribution in [2.75, 3.05) is 11.2 Å². The summed E-state index contributed by atoms with van der Waals surface area (Å²) < 4.78 is 14.6. The van der Waals surface area contributed by atoms with Crippen molar-refractivity contribution in [2.45, 2.75) is 24.3 Å². The first kappa shape index (κ1) is 17.9. The Kier molecular flexibility index (Phi) is 5.22. The Balaban J connectivity index is 1.71. The maximum Gasteiger partial charge on any atom is 0.237 e. The number of aryl methyl sites for hydroxylation is 1. The predicted molar refractivity (Wildman–Crippen MR) is 101 cm³/mol.